The third-order valence-electron chi connectivity index (χ3n) is 4.35. The van der Waals surface area contributed by atoms with Crippen LogP contribution in [0.3, 0.4) is 0 Å². The Morgan fingerprint density at radius 1 is 1.23 bits per heavy atom. The zero-order valence-electron chi connectivity index (χ0n) is 16.0. The number of nitro benzene ring substituents is 1. The second-order valence-corrected chi connectivity index (χ2v) is 7.00. The van der Waals surface area contributed by atoms with E-state index in [1.165, 1.54) is 18.2 Å². The average Bonchev–Trinajstić information content (AvgIpc) is 3.13. The number of nitro groups is 1. The highest BCUT2D eigenvalue weighted by Gasteiger charge is 2.22. The molecule has 0 radical (unpaired) electrons. The van der Waals surface area contributed by atoms with E-state index in [1.807, 2.05) is 24.3 Å². The van der Waals surface area contributed by atoms with Gasteiger partial charge in [0.05, 0.1) is 21.7 Å². The summed E-state index contributed by atoms with van der Waals surface area (Å²) >= 11 is 3.42. The van der Waals surface area contributed by atoms with Gasteiger partial charge in [0.1, 0.15) is 17.5 Å². The molecule has 0 bridgehead atoms. The van der Waals surface area contributed by atoms with Crippen LogP contribution in [0.2, 0.25) is 0 Å². The molecule has 0 saturated carbocycles. The molecule has 8 nitrogen and oxygen atoms in total. The molecule has 0 saturated heterocycles. The third-order valence-corrected chi connectivity index (χ3v) is 4.97. The number of benzene rings is 2. The molecule has 0 aliphatic rings. The van der Waals surface area contributed by atoms with Gasteiger partial charge in [0.2, 0.25) is 0 Å². The lowest BCUT2D eigenvalue weighted by atomic mass is 10.1. The van der Waals surface area contributed by atoms with Crippen LogP contribution in [0.15, 0.2) is 59.2 Å². The quantitative estimate of drug-likeness (QED) is 0.302. The molecule has 152 valence electrons. The van der Waals surface area contributed by atoms with Crippen molar-refractivity contribution in [2.45, 2.75) is 13.5 Å². The number of nitrogens with one attached hydrogen (secondary N) is 1. The first-order chi connectivity index (χ1) is 14.5. The lowest BCUT2D eigenvalue weighted by Crippen LogP contribution is -2.11. The first kappa shape index (κ1) is 21.1. The highest BCUT2D eigenvalue weighted by molar-refractivity contribution is 9.10. The van der Waals surface area contributed by atoms with Gasteiger partial charge in [-0.15, -0.1) is 0 Å². The minimum atomic E-state index is -0.625. The van der Waals surface area contributed by atoms with Crippen LogP contribution in [-0.4, -0.2) is 22.1 Å². The first-order valence-corrected chi connectivity index (χ1v) is 9.80. The Morgan fingerprint density at radius 3 is 2.60 bits per heavy atom. The highest BCUT2D eigenvalue weighted by atomic mass is 79.9. The van der Waals surface area contributed by atoms with Gasteiger partial charge in [-0.1, -0.05) is 18.2 Å². The number of halogens is 1. The summed E-state index contributed by atoms with van der Waals surface area (Å²) in [5.41, 5.74) is 2.15. The molecule has 1 heterocycles. The summed E-state index contributed by atoms with van der Waals surface area (Å²) in [6.07, 6.45) is 0. The normalized spacial score (nSPS) is 10.3. The number of anilines is 1. The molecule has 3 aromatic rings. The van der Waals surface area contributed by atoms with Crippen LogP contribution in [-0.2, 0) is 11.3 Å². The van der Waals surface area contributed by atoms with Crippen LogP contribution in [0, 0.1) is 21.4 Å². The molecule has 0 atom stereocenters. The van der Waals surface area contributed by atoms with E-state index in [2.05, 4.69) is 27.3 Å². The summed E-state index contributed by atoms with van der Waals surface area (Å²) < 4.78 is 7.53. The maximum atomic E-state index is 12.2. The van der Waals surface area contributed by atoms with Crippen molar-refractivity contribution >= 4 is 33.3 Å². The SMILES string of the molecule is CCOC(=O)c1cccc([N+](=O)[O-])c1NCc1ccc(-n2c(Br)ccc2C#N)cc1. The Bertz CT molecular complexity index is 1130. The van der Waals surface area contributed by atoms with Crippen LogP contribution in [0.4, 0.5) is 11.4 Å². The van der Waals surface area contributed by atoms with E-state index in [-0.39, 0.29) is 30.1 Å². The summed E-state index contributed by atoms with van der Waals surface area (Å²) in [5.74, 6) is -0.625. The first-order valence-electron chi connectivity index (χ1n) is 9.01. The zero-order chi connectivity index (χ0) is 21.7. The number of rotatable bonds is 7. The van der Waals surface area contributed by atoms with Crippen LogP contribution in [0.5, 0.6) is 0 Å². The molecule has 9 heteroatoms. The van der Waals surface area contributed by atoms with Crippen molar-refractivity contribution in [2.75, 3.05) is 11.9 Å². The van der Waals surface area contributed by atoms with Crippen molar-refractivity contribution in [1.29, 1.82) is 5.26 Å². The topological polar surface area (TPSA) is 110 Å². The molecule has 3 rings (SSSR count). The Kier molecular flexibility index (Phi) is 6.49. The number of para-hydroxylation sites is 1. The van der Waals surface area contributed by atoms with Crippen LogP contribution in [0.1, 0.15) is 28.5 Å². The third kappa shape index (κ3) is 4.34. The number of hydrogen-bond donors (Lipinski definition) is 1. The van der Waals surface area contributed by atoms with Crippen LogP contribution < -0.4 is 5.32 Å². The van der Waals surface area contributed by atoms with Gasteiger partial charge in [-0.05, 0) is 58.7 Å². The van der Waals surface area contributed by atoms with Crippen molar-refractivity contribution in [1.82, 2.24) is 4.57 Å². The predicted molar refractivity (Wildman–Crippen MR) is 115 cm³/mol. The second kappa shape index (κ2) is 9.24. The van der Waals surface area contributed by atoms with E-state index in [4.69, 9.17) is 4.74 Å². The Balaban J connectivity index is 1.85. The fourth-order valence-corrected chi connectivity index (χ4v) is 3.50. The van der Waals surface area contributed by atoms with E-state index in [0.29, 0.717) is 5.69 Å². The molecule has 2 aromatic carbocycles. The minimum absolute atomic E-state index is 0.109. The van der Waals surface area contributed by atoms with E-state index in [9.17, 15) is 20.2 Å². The summed E-state index contributed by atoms with van der Waals surface area (Å²) in [6.45, 7) is 2.10. The van der Waals surface area contributed by atoms with Crippen LogP contribution in [0.25, 0.3) is 5.69 Å². The fraction of sp³-hybridized carbons (Fsp3) is 0.143. The summed E-state index contributed by atoms with van der Waals surface area (Å²) in [7, 11) is 0. The number of ether oxygens (including phenoxy) is 1. The average molecular weight is 469 g/mol. The van der Waals surface area contributed by atoms with E-state index < -0.39 is 10.9 Å². The van der Waals surface area contributed by atoms with E-state index >= 15 is 0 Å². The molecule has 1 N–H and O–H groups in total. The van der Waals surface area contributed by atoms with E-state index in [1.54, 1.807) is 23.6 Å². The van der Waals surface area contributed by atoms with Gasteiger partial charge in [0, 0.05) is 18.3 Å². The van der Waals surface area contributed by atoms with Gasteiger partial charge >= 0.3 is 5.97 Å². The number of nitrogens with zero attached hydrogens (tertiary/aromatic N) is 3. The molecule has 0 aliphatic carbocycles. The summed E-state index contributed by atoms with van der Waals surface area (Å²) in [4.78, 5) is 23.1. The maximum Gasteiger partial charge on any atom is 0.340 e. The molecule has 0 amide bonds. The molecule has 1 aromatic heterocycles. The largest absolute Gasteiger partial charge is 0.462 e. The summed E-state index contributed by atoms with van der Waals surface area (Å²) in [5, 5.41) is 23.7. The molecule has 0 fully saturated rings. The van der Waals surface area contributed by atoms with Crippen LogP contribution >= 0.6 is 15.9 Å². The van der Waals surface area contributed by atoms with E-state index in [0.717, 1.165) is 15.9 Å². The number of esters is 1. The summed E-state index contributed by atoms with van der Waals surface area (Å²) in [6, 6.07) is 17.3. The van der Waals surface area contributed by atoms with Gasteiger partial charge in [0.25, 0.3) is 5.69 Å². The van der Waals surface area contributed by atoms with Gasteiger partial charge in [-0.2, -0.15) is 5.26 Å². The van der Waals surface area contributed by atoms with Gasteiger partial charge < -0.3 is 10.1 Å². The lowest BCUT2D eigenvalue weighted by molar-refractivity contribution is -0.384. The fourth-order valence-electron chi connectivity index (χ4n) is 2.97. The van der Waals surface area contributed by atoms with Crippen molar-refractivity contribution in [2.24, 2.45) is 0 Å². The second-order valence-electron chi connectivity index (χ2n) is 6.19. The monoisotopic (exact) mass is 468 g/mol. The molecule has 30 heavy (non-hydrogen) atoms. The predicted octanol–water partition coefficient (Wildman–Crippen LogP) is 4.81. The zero-order valence-corrected chi connectivity index (χ0v) is 17.5. The maximum absolute atomic E-state index is 12.2. The van der Waals surface area contributed by atoms with Gasteiger partial charge in [-0.25, -0.2) is 4.79 Å². The lowest BCUT2D eigenvalue weighted by Gasteiger charge is -2.13. The molecule has 0 unspecified atom stereocenters. The Morgan fingerprint density at radius 2 is 1.97 bits per heavy atom. The molecular formula is C21H17BrN4O4. The molecular weight excluding hydrogens is 452 g/mol. The number of hydrogen-bond acceptors (Lipinski definition) is 6. The minimum Gasteiger partial charge on any atom is -0.462 e. The Hall–Kier alpha value is -3.64. The Labute approximate surface area is 181 Å². The van der Waals surface area contributed by atoms with Gasteiger partial charge in [0.15, 0.2) is 0 Å². The highest BCUT2D eigenvalue weighted by Crippen LogP contribution is 2.30. The number of carbonyl (C=O) groups excluding carboxylic acids is 1. The van der Waals surface area contributed by atoms with Crippen molar-refractivity contribution < 1.29 is 14.5 Å². The van der Waals surface area contributed by atoms with Crippen molar-refractivity contribution in [3.63, 3.8) is 0 Å². The van der Waals surface area contributed by atoms with Gasteiger partial charge in [-0.3, -0.25) is 14.7 Å². The smallest absolute Gasteiger partial charge is 0.340 e. The standard InChI is InChI=1S/C21H17BrN4O4/c1-2-30-21(27)17-4-3-5-18(26(28)29)20(17)24-13-14-6-8-15(9-7-14)25-16(12-23)10-11-19(25)22/h3-11,24H,2,13H2,1H3. The van der Waals surface area contributed by atoms with Crippen molar-refractivity contribution in [3.05, 3.63) is 86.1 Å². The number of carbonyl (C=O) groups is 1. The van der Waals surface area contributed by atoms with Crippen molar-refractivity contribution in [3.8, 4) is 11.8 Å². The number of aromatic nitrogens is 1. The molecule has 0 spiro atoms. The molecule has 0 aliphatic heterocycles. The number of nitriles is 1.